The molecule has 1 atom stereocenters. The van der Waals surface area contributed by atoms with Crippen molar-refractivity contribution in [1.29, 1.82) is 0 Å². The number of nitrogens with one attached hydrogen (secondary N) is 2. The number of ether oxygens (including phenoxy) is 1. The van der Waals surface area contributed by atoms with Crippen molar-refractivity contribution < 1.29 is 26.3 Å². The minimum atomic E-state index is -2.29. The van der Waals surface area contributed by atoms with Gasteiger partial charge in [-0.1, -0.05) is 18.2 Å². The van der Waals surface area contributed by atoms with Gasteiger partial charge in [-0.2, -0.15) is 0 Å². The molecule has 3 heterocycles. The van der Waals surface area contributed by atoms with Crippen molar-refractivity contribution in [2.24, 2.45) is 0 Å². The Labute approximate surface area is 225 Å². The molecule has 8 nitrogen and oxygen atoms in total. The summed E-state index contributed by atoms with van der Waals surface area (Å²) in [5, 5.41) is 5.07. The molecule has 3 amide bonds. The van der Waals surface area contributed by atoms with Crippen LogP contribution in [0.3, 0.4) is 0 Å². The standard InChI is InChI=1S/C29H35FN4O4/c1-28(2)16-33(17-29(3,4)38-28)14-18-8-9-19(22(30)12-18)13-31-23-7-5-6-20-21(23)15-34(27(20)37)24-10-11-25(35)32-26(24)36/h5-9,12,24,31H,10-11,13-17H2,1-4H3,(H,32,35,36)/i13D2. The SMILES string of the molecule is [2H]C([2H])(Nc1cccc2c1CN(C1CCC(=O)NC1=O)C2=O)c1ccc(CN2CC(C)(C)OC(C)(C)C2)cc1F. The third-order valence-electron chi connectivity index (χ3n) is 7.11. The molecule has 202 valence electrons. The van der Waals surface area contributed by atoms with E-state index in [0.29, 0.717) is 36.4 Å². The second-order valence-corrected chi connectivity index (χ2v) is 11.6. The van der Waals surface area contributed by atoms with Crippen molar-refractivity contribution in [3.05, 3.63) is 64.5 Å². The van der Waals surface area contributed by atoms with Gasteiger partial charge in [0.15, 0.2) is 0 Å². The molecular formula is C29H35FN4O4. The first kappa shape index (κ1) is 23.8. The molecule has 3 aliphatic heterocycles. The lowest BCUT2D eigenvalue weighted by Crippen LogP contribution is -2.56. The average molecular weight is 525 g/mol. The quantitative estimate of drug-likeness (QED) is 0.562. The van der Waals surface area contributed by atoms with Crippen LogP contribution in [0.25, 0.3) is 0 Å². The largest absolute Gasteiger partial charge is 0.381 e. The highest BCUT2D eigenvalue weighted by atomic mass is 19.1. The van der Waals surface area contributed by atoms with Gasteiger partial charge in [-0.05, 0) is 57.9 Å². The fraction of sp³-hybridized carbons (Fsp3) is 0.483. The van der Waals surface area contributed by atoms with Crippen molar-refractivity contribution in [2.45, 2.75) is 77.4 Å². The Hall–Kier alpha value is -3.30. The summed E-state index contributed by atoms with van der Waals surface area (Å²) in [6, 6.07) is 8.65. The van der Waals surface area contributed by atoms with E-state index in [1.165, 1.54) is 17.0 Å². The molecule has 9 heteroatoms. The third kappa shape index (κ3) is 5.44. The van der Waals surface area contributed by atoms with Crippen molar-refractivity contribution in [3.8, 4) is 0 Å². The molecule has 0 spiro atoms. The first-order chi connectivity index (χ1) is 18.6. The minimum Gasteiger partial charge on any atom is -0.381 e. The summed E-state index contributed by atoms with van der Waals surface area (Å²) in [5.41, 5.74) is 1.11. The molecule has 2 aromatic carbocycles. The molecule has 0 aromatic heterocycles. The molecule has 2 aromatic rings. The van der Waals surface area contributed by atoms with Gasteiger partial charge in [-0.15, -0.1) is 0 Å². The van der Waals surface area contributed by atoms with E-state index >= 15 is 4.39 Å². The number of anilines is 1. The van der Waals surface area contributed by atoms with E-state index in [9.17, 15) is 14.4 Å². The second-order valence-electron chi connectivity index (χ2n) is 11.6. The summed E-state index contributed by atoms with van der Waals surface area (Å²) in [6.45, 7) is 7.80. The van der Waals surface area contributed by atoms with Gasteiger partial charge in [0.05, 0.1) is 13.9 Å². The normalized spacial score (nSPS) is 24.0. The van der Waals surface area contributed by atoms with E-state index in [2.05, 4.69) is 15.5 Å². The fourth-order valence-electron chi connectivity index (χ4n) is 5.91. The Morgan fingerprint density at radius 1 is 1.13 bits per heavy atom. The fourth-order valence-corrected chi connectivity index (χ4v) is 5.91. The van der Waals surface area contributed by atoms with Crippen LogP contribution in [-0.2, 0) is 33.9 Å². The second kappa shape index (κ2) is 9.78. The Bertz CT molecular complexity index is 1360. The van der Waals surface area contributed by atoms with Crippen LogP contribution < -0.4 is 10.6 Å². The zero-order valence-corrected chi connectivity index (χ0v) is 22.2. The van der Waals surface area contributed by atoms with Gasteiger partial charge >= 0.3 is 0 Å². The zero-order chi connectivity index (χ0) is 29.0. The molecule has 38 heavy (non-hydrogen) atoms. The molecular weight excluding hydrogens is 487 g/mol. The maximum absolute atomic E-state index is 15.4. The first-order valence-electron chi connectivity index (χ1n) is 13.9. The van der Waals surface area contributed by atoms with Gasteiger partial charge < -0.3 is 15.0 Å². The smallest absolute Gasteiger partial charge is 0.255 e. The summed E-state index contributed by atoms with van der Waals surface area (Å²) in [5.74, 6) is -1.92. The van der Waals surface area contributed by atoms with E-state index < -0.39 is 24.3 Å². The molecule has 3 aliphatic rings. The number of hydrogen-bond donors (Lipinski definition) is 2. The first-order valence-corrected chi connectivity index (χ1v) is 12.9. The van der Waals surface area contributed by atoms with E-state index in [-0.39, 0.29) is 48.0 Å². The van der Waals surface area contributed by atoms with Crippen LogP contribution >= 0.6 is 0 Å². The summed E-state index contributed by atoms with van der Waals surface area (Å²) >= 11 is 0. The molecule has 0 aliphatic carbocycles. The Morgan fingerprint density at radius 2 is 1.87 bits per heavy atom. The summed E-state index contributed by atoms with van der Waals surface area (Å²) in [4.78, 5) is 40.7. The molecule has 1 unspecified atom stereocenters. The van der Waals surface area contributed by atoms with Crippen LogP contribution in [-0.4, -0.2) is 57.9 Å². The number of halogens is 1. The Balaban J connectivity index is 1.33. The Kier molecular flexibility index (Phi) is 6.12. The number of morpholine rings is 1. The van der Waals surface area contributed by atoms with E-state index in [0.717, 1.165) is 5.56 Å². The molecule has 2 fully saturated rings. The van der Waals surface area contributed by atoms with Crippen LogP contribution in [0.4, 0.5) is 10.1 Å². The minimum absolute atomic E-state index is 0.0767. The number of nitrogens with zero attached hydrogens (tertiary/aromatic N) is 2. The Morgan fingerprint density at radius 3 is 2.55 bits per heavy atom. The highest BCUT2D eigenvalue weighted by Gasteiger charge is 2.40. The van der Waals surface area contributed by atoms with E-state index in [1.807, 2.05) is 27.7 Å². The topological polar surface area (TPSA) is 91.0 Å². The van der Waals surface area contributed by atoms with Crippen molar-refractivity contribution in [2.75, 3.05) is 18.4 Å². The van der Waals surface area contributed by atoms with Gasteiger partial charge in [0.1, 0.15) is 11.9 Å². The van der Waals surface area contributed by atoms with Crippen molar-refractivity contribution in [3.63, 3.8) is 0 Å². The van der Waals surface area contributed by atoms with Gasteiger partial charge in [-0.3, -0.25) is 24.6 Å². The predicted octanol–water partition coefficient (Wildman–Crippen LogP) is 3.59. The zero-order valence-electron chi connectivity index (χ0n) is 24.2. The summed E-state index contributed by atoms with van der Waals surface area (Å²) in [6.07, 6.45) is 0.367. The third-order valence-corrected chi connectivity index (χ3v) is 7.11. The average Bonchev–Trinajstić information content (AvgIpc) is 3.14. The van der Waals surface area contributed by atoms with Crippen LogP contribution in [0.5, 0.6) is 0 Å². The lowest BCUT2D eigenvalue weighted by molar-refractivity contribution is -0.182. The molecule has 0 saturated carbocycles. The molecule has 0 radical (unpaired) electrons. The highest BCUT2D eigenvalue weighted by molar-refractivity contribution is 6.06. The summed E-state index contributed by atoms with van der Waals surface area (Å²) in [7, 11) is 0. The number of rotatable bonds is 6. The van der Waals surface area contributed by atoms with Gasteiger partial charge in [-0.25, -0.2) is 4.39 Å². The maximum Gasteiger partial charge on any atom is 0.255 e. The number of amides is 3. The van der Waals surface area contributed by atoms with Crippen LogP contribution in [0.15, 0.2) is 36.4 Å². The lowest BCUT2D eigenvalue weighted by Gasteiger charge is -2.47. The molecule has 0 bridgehead atoms. The van der Waals surface area contributed by atoms with Crippen molar-refractivity contribution >= 4 is 23.4 Å². The van der Waals surface area contributed by atoms with Crippen molar-refractivity contribution in [1.82, 2.24) is 15.1 Å². The van der Waals surface area contributed by atoms with Gasteiger partial charge in [0, 0.05) is 61.5 Å². The van der Waals surface area contributed by atoms with Crippen LogP contribution in [0.2, 0.25) is 0 Å². The number of hydrogen-bond acceptors (Lipinski definition) is 6. The molecule has 2 saturated heterocycles. The lowest BCUT2D eigenvalue weighted by atomic mass is 9.98. The number of piperidine rings is 1. The number of carbonyl (C=O) groups excluding carboxylic acids is 3. The molecule has 2 N–H and O–H groups in total. The highest BCUT2D eigenvalue weighted by Crippen LogP contribution is 2.33. The number of imide groups is 1. The van der Waals surface area contributed by atoms with E-state index in [4.69, 9.17) is 7.48 Å². The predicted molar refractivity (Wildman–Crippen MR) is 141 cm³/mol. The summed E-state index contributed by atoms with van der Waals surface area (Å²) < 4.78 is 38.8. The van der Waals surface area contributed by atoms with E-state index in [1.54, 1.807) is 24.3 Å². The van der Waals surface area contributed by atoms with Crippen LogP contribution in [0, 0.1) is 5.82 Å². The van der Waals surface area contributed by atoms with Gasteiger partial charge in [0.2, 0.25) is 11.8 Å². The number of fused-ring (bicyclic) bond motifs is 1. The van der Waals surface area contributed by atoms with Gasteiger partial charge in [0.25, 0.3) is 5.91 Å². The monoisotopic (exact) mass is 524 g/mol. The number of carbonyl (C=O) groups is 3. The maximum atomic E-state index is 15.4. The van der Waals surface area contributed by atoms with Crippen LogP contribution in [0.1, 0.15) is 70.3 Å². The molecule has 5 rings (SSSR count). The number of benzene rings is 2.